The van der Waals surface area contributed by atoms with Crippen LogP contribution in [0.1, 0.15) is 38.8 Å². The highest BCUT2D eigenvalue weighted by Crippen LogP contribution is 2.28. The number of aromatic nitrogens is 2. The molecule has 1 aromatic heterocycles. The first kappa shape index (κ1) is 17.8. The Morgan fingerprint density at radius 1 is 1.18 bits per heavy atom. The zero-order valence-corrected chi connectivity index (χ0v) is 15.0. The molecule has 1 amide bonds. The Bertz CT molecular complexity index is 1070. The van der Waals surface area contributed by atoms with E-state index in [1.54, 1.807) is 24.4 Å². The van der Waals surface area contributed by atoms with E-state index in [4.69, 9.17) is 5.73 Å². The number of nitrogens with two attached hydrogens (primary N) is 1. The van der Waals surface area contributed by atoms with E-state index in [9.17, 15) is 9.18 Å². The van der Waals surface area contributed by atoms with E-state index in [1.165, 1.54) is 18.5 Å². The summed E-state index contributed by atoms with van der Waals surface area (Å²) in [6.45, 7) is 0.256. The van der Waals surface area contributed by atoms with Gasteiger partial charge in [0.1, 0.15) is 18.0 Å². The topological polar surface area (TPSA) is 93.3 Å². The van der Waals surface area contributed by atoms with Gasteiger partial charge in [0, 0.05) is 24.7 Å². The average molecular weight is 375 g/mol. The van der Waals surface area contributed by atoms with Gasteiger partial charge in [0.15, 0.2) is 0 Å². The van der Waals surface area contributed by atoms with Crippen molar-refractivity contribution in [3.8, 4) is 0 Å². The lowest BCUT2D eigenvalue weighted by Crippen LogP contribution is -2.23. The van der Waals surface area contributed by atoms with Crippen LogP contribution < -0.4 is 11.1 Å². The first-order valence-electron chi connectivity index (χ1n) is 8.85. The molecule has 0 spiro atoms. The second-order valence-electron chi connectivity index (χ2n) is 6.56. The molecule has 6 nitrogen and oxygen atoms in total. The lowest BCUT2D eigenvalue weighted by molar-refractivity contribution is 0.0950. The molecule has 1 unspecified atom stereocenters. The molecule has 2 aromatic carbocycles. The van der Waals surface area contributed by atoms with Crippen LogP contribution in [0.25, 0.3) is 0 Å². The van der Waals surface area contributed by atoms with Gasteiger partial charge < -0.3 is 11.1 Å². The van der Waals surface area contributed by atoms with E-state index in [-0.39, 0.29) is 24.3 Å². The van der Waals surface area contributed by atoms with Gasteiger partial charge in [0.25, 0.3) is 5.91 Å². The summed E-state index contributed by atoms with van der Waals surface area (Å²) in [5.41, 5.74) is 9.60. The minimum absolute atomic E-state index is 0.141. The number of nitrogen functional groups attached to an aromatic ring is 1. The molecule has 4 rings (SSSR count). The van der Waals surface area contributed by atoms with Crippen molar-refractivity contribution in [3.05, 3.63) is 88.6 Å². The third kappa shape index (κ3) is 3.73. The van der Waals surface area contributed by atoms with E-state index in [0.717, 1.165) is 16.8 Å². The second-order valence-corrected chi connectivity index (χ2v) is 6.56. The van der Waals surface area contributed by atoms with Gasteiger partial charge in [-0.2, -0.15) is 0 Å². The highest BCUT2D eigenvalue weighted by molar-refractivity contribution is 5.94. The predicted octanol–water partition coefficient (Wildman–Crippen LogP) is 2.84. The van der Waals surface area contributed by atoms with Crippen LogP contribution in [0, 0.1) is 5.82 Å². The lowest BCUT2D eigenvalue weighted by Gasteiger charge is -2.19. The van der Waals surface area contributed by atoms with Crippen LogP contribution in [0.2, 0.25) is 0 Å². The van der Waals surface area contributed by atoms with Gasteiger partial charge in [0.2, 0.25) is 0 Å². The molecule has 7 heteroatoms. The van der Waals surface area contributed by atoms with E-state index < -0.39 is 0 Å². The Morgan fingerprint density at radius 3 is 2.89 bits per heavy atom. The Balaban J connectivity index is 1.48. The molecular formula is C21H18FN5O. The summed E-state index contributed by atoms with van der Waals surface area (Å²) in [7, 11) is 0. The van der Waals surface area contributed by atoms with Gasteiger partial charge in [-0.25, -0.2) is 14.4 Å². The number of nitrogens with zero attached hydrogens (tertiary/aromatic N) is 3. The third-order valence-corrected chi connectivity index (χ3v) is 4.64. The molecule has 1 aliphatic heterocycles. The van der Waals surface area contributed by atoms with Crippen LogP contribution >= 0.6 is 0 Å². The van der Waals surface area contributed by atoms with E-state index in [2.05, 4.69) is 20.3 Å². The van der Waals surface area contributed by atoms with Crippen molar-refractivity contribution in [2.24, 2.45) is 4.99 Å². The van der Waals surface area contributed by atoms with Crippen LogP contribution in [0.3, 0.4) is 0 Å². The molecule has 0 saturated carbocycles. The van der Waals surface area contributed by atoms with Gasteiger partial charge in [0.05, 0.1) is 17.3 Å². The predicted molar refractivity (Wildman–Crippen MR) is 104 cm³/mol. The molecule has 0 aliphatic carbocycles. The SMILES string of the molecule is Nc1ncnc2c1C=NC(c1cccc(C(=O)NCc3cccc(F)c3)c1)C2. The fraction of sp³-hybridized carbons (Fsp3) is 0.143. The normalized spacial score (nSPS) is 15.1. The number of rotatable bonds is 4. The summed E-state index contributed by atoms with van der Waals surface area (Å²) < 4.78 is 13.3. The van der Waals surface area contributed by atoms with Crippen LogP contribution in [0.4, 0.5) is 10.2 Å². The van der Waals surface area contributed by atoms with Gasteiger partial charge in [-0.3, -0.25) is 9.79 Å². The van der Waals surface area contributed by atoms with Crippen molar-refractivity contribution in [2.75, 3.05) is 5.73 Å². The highest BCUT2D eigenvalue weighted by Gasteiger charge is 2.20. The van der Waals surface area contributed by atoms with Crippen molar-refractivity contribution < 1.29 is 9.18 Å². The highest BCUT2D eigenvalue weighted by atomic mass is 19.1. The molecule has 0 bridgehead atoms. The van der Waals surface area contributed by atoms with Crippen molar-refractivity contribution in [3.63, 3.8) is 0 Å². The number of anilines is 1. The monoisotopic (exact) mass is 375 g/mol. The van der Waals surface area contributed by atoms with Gasteiger partial charge in [-0.1, -0.05) is 24.3 Å². The maximum Gasteiger partial charge on any atom is 0.251 e. The summed E-state index contributed by atoms with van der Waals surface area (Å²) >= 11 is 0. The maximum atomic E-state index is 13.3. The number of carbonyl (C=O) groups is 1. The van der Waals surface area contributed by atoms with Crippen molar-refractivity contribution in [2.45, 2.75) is 19.0 Å². The summed E-state index contributed by atoms with van der Waals surface area (Å²) in [6, 6.07) is 13.3. The smallest absolute Gasteiger partial charge is 0.251 e. The summed E-state index contributed by atoms with van der Waals surface area (Å²) in [5.74, 6) is -0.135. The summed E-state index contributed by atoms with van der Waals surface area (Å²) in [5, 5.41) is 2.81. The molecule has 140 valence electrons. The zero-order chi connectivity index (χ0) is 19.5. The number of aliphatic imine (C=N–C) groups is 1. The fourth-order valence-corrected chi connectivity index (χ4v) is 3.17. The molecule has 1 aliphatic rings. The molecule has 28 heavy (non-hydrogen) atoms. The Morgan fingerprint density at radius 2 is 2.04 bits per heavy atom. The van der Waals surface area contributed by atoms with Crippen molar-refractivity contribution >= 4 is 17.9 Å². The lowest BCUT2D eigenvalue weighted by atomic mass is 9.96. The van der Waals surface area contributed by atoms with E-state index in [0.29, 0.717) is 23.4 Å². The number of halogens is 1. The molecule has 0 radical (unpaired) electrons. The van der Waals surface area contributed by atoms with Crippen molar-refractivity contribution in [1.29, 1.82) is 0 Å². The van der Waals surface area contributed by atoms with Crippen LogP contribution in [-0.4, -0.2) is 22.1 Å². The molecule has 0 fully saturated rings. The zero-order valence-electron chi connectivity index (χ0n) is 15.0. The Kier molecular flexibility index (Phi) is 4.80. The molecule has 2 heterocycles. The second kappa shape index (κ2) is 7.56. The summed E-state index contributed by atoms with van der Waals surface area (Å²) in [4.78, 5) is 25.3. The molecule has 3 aromatic rings. The number of benzene rings is 2. The first-order valence-corrected chi connectivity index (χ1v) is 8.85. The maximum absolute atomic E-state index is 13.3. The number of fused-ring (bicyclic) bond motifs is 1. The standard InChI is InChI=1S/C21H18FN5O/c22-16-6-1-3-13(7-16)10-25-21(28)15-5-2-4-14(8-15)18-9-19-17(11-24-18)20(23)27-12-26-19/h1-8,11-12,18H,9-10H2,(H,25,28)(H2,23,26,27). The van der Waals surface area contributed by atoms with Gasteiger partial charge >= 0.3 is 0 Å². The average Bonchev–Trinajstić information content (AvgIpc) is 2.72. The van der Waals surface area contributed by atoms with Gasteiger partial charge in [-0.15, -0.1) is 0 Å². The van der Waals surface area contributed by atoms with Crippen molar-refractivity contribution in [1.82, 2.24) is 15.3 Å². The Labute approximate surface area is 161 Å². The van der Waals surface area contributed by atoms with E-state index >= 15 is 0 Å². The molecular weight excluding hydrogens is 357 g/mol. The largest absolute Gasteiger partial charge is 0.383 e. The number of carbonyl (C=O) groups excluding carboxylic acids is 1. The molecule has 0 saturated heterocycles. The number of hydrogen-bond acceptors (Lipinski definition) is 5. The number of nitrogens with one attached hydrogen (secondary N) is 1. The van der Waals surface area contributed by atoms with Crippen LogP contribution in [0.5, 0.6) is 0 Å². The summed E-state index contributed by atoms with van der Waals surface area (Å²) in [6.07, 6.45) is 3.73. The fourth-order valence-electron chi connectivity index (χ4n) is 3.17. The molecule has 1 atom stereocenters. The molecule has 3 N–H and O–H groups in total. The third-order valence-electron chi connectivity index (χ3n) is 4.64. The minimum Gasteiger partial charge on any atom is -0.383 e. The number of hydrogen-bond donors (Lipinski definition) is 2. The minimum atomic E-state index is -0.325. The van der Waals surface area contributed by atoms with E-state index in [1.807, 2.05) is 18.2 Å². The van der Waals surface area contributed by atoms with Crippen LogP contribution in [0.15, 0.2) is 59.9 Å². The van der Waals surface area contributed by atoms with Gasteiger partial charge in [-0.05, 0) is 35.4 Å². The first-order chi connectivity index (χ1) is 13.6. The number of amides is 1. The van der Waals surface area contributed by atoms with Crippen LogP contribution in [-0.2, 0) is 13.0 Å². The quantitative estimate of drug-likeness (QED) is 0.733. The Hall–Kier alpha value is -3.61.